The molecule has 0 unspecified atom stereocenters. The van der Waals surface area contributed by atoms with Gasteiger partial charge in [-0.15, -0.1) is 0 Å². The number of amides is 2. The van der Waals surface area contributed by atoms with Gasteiger partial charge in [-0.1, -0.05) is 24.3 Å². The highest BCUT2D eigenvalue weighted by Crippen LogP contribution is 2.36. The van der Waals surface area contributed by atoms with Crippen LogP contribution in [0.4, 0.5) is 4.39 Å². The van der Waals surface area contributed by atoms with Gasteiger partial charge in [0.2, 0.25) is 6.41 Å². The predicted molar refractivity (Wildman–Crippen MR) is 129 cm³/mol. The lowest BCUT2D eigenvalue weighted by Gasteiger charge is -2.27. The van der Waals surface area contributed by atoms with Crippen LogP contribution < -0.4 is 10.6 Å². The minimum absolute atomic E-state index is 0.0395. The molecule has 172 valence electrons. The third-order valence-corrected chi connectivity index (χ3v) is 6.05. The molecule has 1 saturated heterocycles. The molecule has 2 amide bonds. The molecular weight excluding hydrogens is 433 g/mol. The average Bonchev–Trinajstić information content (AvgIpc) is 3.30. The molecular formula is C27H24FN3O3. The average molecular weight is 458 g/mol. The van der Waals surface area contributed by atoms with E-state index >= 15 is 0 Å². The van der Waals surface area contributed by atoms with Crippen molar-refractivity contribution in [1.82, 2.24) is 15.5 Å². The summed E-state index contributed by atoms with van der Waals surface area (Å²) in [7, 11) is 0. The molecule has 0 bridgehead atoms. The summed E-state index contributed by atoms with van der Waals surface area (Å²) in [5.41, 5.74) is 4.88. The van der Waals surface area contributed by atoms with Crippen LogP contribution >= 0.6 is 0 Å². The summed E-state index contributed by atoms with van der Waals surface area (Å²) < 4.78 is 19.6. The molecule has 3 aromatic carbocycles. The first-order valence-electron chi connectivity index (χ1n) is 11.2. The third-order valence-electron chi connectivity index (χ3n) is 6.05. The quantitative estimate of drug-likeness (QED) is 0.426. The second-order valence-corrected chi connectivity index (χ2v) is 8.28. The minimum atomic E-state index is -0.309. The van der Waals surface area contributed by atoms with Gasteiger partial charge in [-0.05, 0) is 59.2 Å². The second kappa shape index (κ2) is 9.49. The molecule has 34 heavy (non-hydrogen) atoms. The first kappa shape index (κ1) is 21.9. The molecule has 2 heterocycles. The Morgan fingerprint density at radius 1 is 0.971 bits per heavy atom. The Balaban J connectivity index is 1.53. The number of carbonyl (C=O) groups excluding carboxylic acids is 2. The van der Waals surface area contributed by atoms with Gasteiger partial charge >= 0.3 is 0 Å². The fraction of sp³-hybridized carbons (Fsp3) is 0.185. The van der Waals surface area contributed by atoms with E-state index in [1.165, 1.54) is 12.1 Å². The number of piperazine rings is 1. The topological polar surface area (TPSA) is 74.6 Å². The van der Waals surface area contributed by atoms with Crippen LogP contribution in [0.15, 0.2) is 71.1 Å². The summed E-state index contributed by atoms with van der Waals surface area (Å²) in [6.07, 6.45) is 0.628. The van der Waals surface area contributed by atoms with Crippen molar-refractivity contribution in [2.24, 2.45) is 0 Å². The molecule has 1 aliphatic rings. The number of hydrogen-bond acceptors (Lipinski definition) is 4. The van der Waals surface area contributed by atoms with Crippen molar-refractivity contribution >= 4 is 23.3 Å². The molecule has 4 aromatic rings. The summed E-state index contributed by atoms with van der Waals surface area (Å²) >= 11 is 0. The smallest absolute Gasteiger partial charge is 0.253 e. The van der Waals surface area contributed by atoms with Crippen molar-refractivity contribution in [1.29, 1.82) is 0 Å². The Labute approximate surface area is 196 Å². The molecule has 6 nitrogen and oxygen atoms in total. The molecule has 0 atom stereocenters. The van der Waals surface area contributed by atoms with Gasteiger partial charge < -0.3 is 20.0 Å². The maximum absolute atomic E-state index is 13.5. The number of rotatable bonds is 6. The number of hydrogen-bond donors (Lipinski definition) is 2. The lowest BCUT2D eigenvalue weighted by atomic mass is 9.96. The van der Waals surface area contributed by atoms with Gasteiger partial charge in [-0.25, -0.2) is 4.39 Å². The standard InChI is InChI=1S/C27H24FN3O3/c28-23-7-5-19(6-8-23)25-15-21(13-22-14-24(16-30-17-32)34-26(22)25)18-1-3-20(4-2-18)27(33)31-11-9-29-10-12-31/h1-8,13-15,17,29H,9-12,16H2,(H,30,32). The number of halogens is 1. The van der Waals surface area contributed by atoms with E-state index < -0.39 is 0 Å². The number of nitrogens with one attached hydrogen (secondary N) is 2. The maximum atomic E-state index is 13.5. The zero-order valence-electron chi connectivity index (χ0n) is 18.5. The molecule has 7 heteroatoms. The van der Waals surface area contributed by atoms with Gasteiger partial charge in [0.1, 0.15) is 17.2 Å². The molecule has 1 aliphatic heterocycles. The van der Waals surface area contributed by atoms with E-state index in [0.29, 0.717) is 36.4 Å². The van der Waals surface area contributed by atoms with Gasteiger partial charge in [0, 0.05) is 42.7 Å². The fourth-order valence-corrected chi connectivity index (χ4v) is 4.30. The Hall–Kier alpha value is -3.97. The van der Waals surface area contributed by atoms with Crippen LogP contribution in [-0.4, -0.2) is 43.4 Å². The Morgan fingerprint density at radius 2 is 1.68 bits per heavy atom. The zero-order chi connectivity index (χ0) is 23.5. The fourth-order valence-electron chi connectivity index (χ4n) is 4.30. The van der Waals surface area contributed by atoms with E-state index in [2.05, 4.69) is 10.6 Å². The Kier molecular flexibility index (Phi) is 6.10. The van der Waals surface area contributed by atoms with Crippen LogP contribution in [0, 0.1) is 5.82 Å². The molecule has 1 fully saturated rings. The first-order chi connectivity index (χ1) is 16.6. The van der Waals surface area contributed by atoms with E-state index in [9.17, 15) is 14.0 Å². The maximum Gasteiger partial charge on any atom is 0.253 e. The molecule has 5 rings (SSSR count). The van der Waals surface area contributed by atoms with Crippen LogP contribution in [0.25, 0.3) is 33.2 Å². The van der Waals surface area contributed by atoms with Crippen molar-refractivity contribution in [3.63, 3.8) is 0 Å². The number of benzene rings is 3. The van der Waals surface area contributed by atoms with Crippen LogP contribution in [0.2, 0.25) is 0 Å². The van der Waals surface area contributed by atoms with Crippen molar-refractivity contribution in [2.45, 2.75) is 6.54 Å². The van der Waals surface area contributed by atoms with Crippen LogP contribution in [0.3, 0.4) is 0 Å². The SMILES string of the molecule is O=CNCc1cc2cc(-c3ccc(C(=O)N4CCNCC4)cc3)cc(-c3ccc(F)cc3)c2o1. The zero-order valence-corrected chi connectivity index (χ0v) is 18.5. The number of fused-ring (bicyclic) bond motifs is 1. The van der Waals surface area contributed by atoms with E-state index in [1.807, 2.05) is 47.4 Å². The molecule has 0 aliphatic carbocycles. The van der Waals surface area contributed by atoms with Gasteiger partial charge in [0.05, 0.1) is 6.54 Å². The third kappa shape index (κ3) is 4.43. The summed E-state index contributed by atoms with van der Waals surface area (Å²) in [5.74, 6) is 0.355. The van der Waals surface area contributed by atoms with Gasteiger partial charge in [0.15, 0.2) is 0 Å². The van der Waals surface area contributed by atoms with Crippen molar-refractivity contribution in [2.75, 3.05) is 26.2 Å². The van der Waals surface area contributed by atoms with Crippen molar-refractivity contribution in [3.05, 3.63) is 83.9 Å². The Morgan fingerprint density at radius 3 is 2.38 bits per heavy atom. The molecule has 1 aromatic heterocycles. The van der Waals surface area contributed by atoms with Crippen LogP contribution in [0.5, 0.6) is 0 Å². The first-order valence-corrected chi connectivity index (χ1v) is 11.2. The van der Waals surface area contributed by atoms with Gasteiger partial charge in [-0.3, -0.25) is 9.59 Å². The minimum Gasteiger partial charge on any atom is -0.459 e. The van der Waals surface area contributed by atoms with Crippen LogP contribution in [0.1, 0.15) is 16.1 Å². The number of nitrogens with zero attached hydrogens (tertiary/aromatic N) is 1. The lowest BCUT2D eigenvalue weighted by Crippen LogP contribution is -2.46. The molecule has 2 N–H and O–H groups in total. The van der Waals surface area contributed by atoms with Gasteiger partial charge in [0.25, 0.3) is 5.91 Å². The monoisotopic (exact) mass is 457 g/mol. The molecule has 0 radical (unpaired) electrons. The van der Waals surface area contributed by atoms with E-state index in [1.54, 1.807) is 12.1 Å². The summed E-state index contributed by atoms with van der Waals surface area (Å²) in [5, 5.41) is 6.75. The van der Waals surface area contributed by atoms with Crippen molar-refractivity contribution in [3.8, 4) is 22.3 Å². The number of furan rings is 1. The molecule has 0 saturated carbocycles. The predicted octanol–water partition coefficient (Wildman–Crippen LogP) is 4.20. The van der Waals surface area contributed by atoms with Crippen LogP contribution in [-0.2, 0) is 11.3 Å². The largest absolute Gasteiger partial charge is 0.459 e. The summed E-state index contributed by atoms with van der Waals surface area (Å²) in [6.45, 7) is 3.31. The lowest BCUT2D eigenvalue weighted by molar-refractivity contribution is -0.109. The highest BCUT2D eigenvalue weighted by Gasteiger charge is 2.18. The summed E-state index contributed by atoms with van der Waals surface area (Å²) in [6, 6.07) is 19.8. The summed E-state index contributed by atoms with van der Waals surface area (Å²) in [4.78, 5) is 25.4. The Bertz CT molecular complexity index is 1320. The van der Waals surface area contributed by atoms with E-state index in [4.69, 9.17) is 4.42 Å². The van der Waals surface area contributed by atoms with Gasteiger partial charge in [-0.2, -0.15) is 0 Å². The van der Waals surface area contributed by atoms with E-state index in [0.717, 1.165) is 40.7 Å². The second-order valence-electron chi connectivity index (χ2n) is 8.28. The number of carbonyl (C=O) groups is 2. The highest BCUT2D eigenvalue weighted by atomic mass is 19.1. The van der Waals surface area contributed by atoms with E-state index in [-0.39, 0.29) is 18.3 Å². The highest BCUT2D eigenvalue weighted by molar-refractivity contribution is 5.98. The van der Waals surface area contributed by atoms with Crippen molar-refractivity contribution < 1.29 is 18.4 Å². The molecule has 0 spiro atoms. The normalized spacial score (nSPS) is 13.7.